The standard InChI is InChI=1S/C26H26N8O2S2.CH4O/c1-14(23(28)38-24(29)15-5-3-2-4-6-15)33-18-13-31-22-8-7-19(34(22)26(18)36)25(35)32-12-17-9-16-11-30-21(27)10-20(16)37-17;1-2/h2-6,9-11,13-14,19,28-29,33H,7-8,12H2,1H3,(H2,27,30)(H,32,35);2H,1H3. The first-order valence-corrected chi connectivity index (χ1v) is 14.1. The van der Waals surface area contributed by atoms with Crippen molar-refractivity contribution in [2.45, 2.75) is 38.4 Å². The number of nitrogens with one attached hydrogen (secondary N) is 4. The molecule has 4 heterocycles. The van der Waals surface area contributed by atoms with Crippen molar-refractivity contribution in [1.29, 1.82) is 10.8 Å². The van der Waals surface area contributed by atoms with Crippen LogP contribution in [-0.2, 0) is 17.8 Å². The maximum Gasteiger partial charge on any atom is 0.277 e. The van der Waals surface area contributed by atoms with Crippen molar-refractivity contribution in [2.24, 2.45) is 0 Å². The molecular weight excluding hydrogens is 548 g/mol. The van der Waals surface area contributed by atoms with E-state index in [9.17, 15) is 9.59 Å². The quantitative estimate of drug-likeness (QED) is 0.142. The number of benzene rings is 1. The van der Waals surface area contributed by atoms with Gasteiger partial charge in [-0.05, 0) is 25.5 Å². The summed E-state index contributed by atoms with van der Waals surface area (Å²) in [6.45, 7) is 2.09. The zero-order valence-corrected chi connectivity index (χ0v) is 23.6. The molecule has 3 aromatic heterocycles. The van der Waals surface area contributed by atoms with Crippen LogP contribution >= 0.6 is 23.1 Å². The van der Waals surface area contributed by atoms with E-state index in [1.54, 1.807) is 13.1 Å². The second-order valence-electron chi connectivity index (χ2n) is 8.92. The summed E-state index contributed by atoms with van der Waals surface area (Å²) in [4.78, 5) is 35.9. The molecule has 0 radical (unpaired) electrons. The number of nitrogens with zero attached hydrogens (tertiary/aromatic N) is 3. The molecular formula is C27H30N8O3S2. The molecule has 0 spiro atoms. The second kappa shape index (κ2) is 12.9. The third-order valence-corrected chi connectivity index (χ3v) is 8.36. The van der Waals surface area contributed by atoms with Crippen LogP contribution in [0.5, 0.6) is 0 Å². The van der Waals surface area contributed by atoms with Gasteiger partial charge in [0.2, 0.25) is 5.91 Å². The summed E-state index contributed by atoms with van der Waals surface area (Å²) in [5, 5.41) is 31.1. The van der Waals surface area contributed by atoms with E-state index in [0.29, 0.717) is 31.0 Å². The van der Waals surface area contributed by atoms with Gasteiger partial charge in [0.05, 0.1) is 23.8 Å². The highest BCUT2D eigenvalue weighted by Gasteiger charge is 2.31. The van der Waals surface area contributed by atoms with Crippen LogP contribution < -0.4 is 21.9 Å². The third kappa shape index (κ3) is 6.38. The van der Waals surface area contributed by atoms with E-state index in [-0.39, 0.29) is 27.2 Å². The molecule has 2 atom stereocenters. The summed E-state index contributed by atoms with van der Waals surface area (Å²) in [5.41, 5.74) is 6.35. The number of carbonyl (C=O) groups is 1. The molecule has 0 aliphatic carbocycles. The van der Waals surface area contributed by atoms with Gasteiger partial charge in [0.1, 0.15) is 28.4 Å². The summed E-state index contributed by atoms with van der Waals surface area (Å²) in [7, 11) is 1.00. The van der Waals surface area contributed by atoms with Crippen molar-refractivity contribution in [3.05, 3.63) is 81.5 Å². The molecule has 208 valence electrons. The average Bonchev–Trinajstić information content (AvgIpc) is 3.59. The highest BCUT2D eigenvalue weighted by atomic mass is 32.2. The minimum absolute atomic E-state index is 0.193. The predicted molar refractivity (Wildman–Crippen MR) is 162 cm³/mol. The first-order valence-electron chi connectivity index (χ1n) is 12.4. The number of aliphatic hydroxyl groups is 1. The van der Waals surface area contributed by atoms with Gasteiger partial charge in [-0.25, -0.2) is 9.97 Å². The van der Waals surface area contributed by atoms with E-state index in [2.05, 4.69) is 20.6 Å². The SMILES string of the molecule is CC(Nc1cnc2n(c1=O)C(C(=O)NCc1cc3cnc(N)cc3s1)CC2)C(=N)SC(=N)c1ccccc1.CO. The summed E-state index contributed by atoms with van der Waals surface area (Å²) < 4.78 is 2.45. The molecule has 0 saturated carbocycles. The van der Waals surface area contributed by atoms with Gasteiger partial charge in [-0.3, -0.25) is 25.0 Å². The number of hydrogen-bond donors (Lipinski definition) is 6. The molecule has 1 amide bonds. The van der Waals surface area contributed by atoms with Crippen LogP contribution in [0.4, 0.5) is 11.5 Å². The van der Waals surface area contributed by atoms with E-state index in [1.165, 1.54) is 22.1 Å². The van der Waals surface area contributed by atoms with Crippen molar-refractivity contribution in [3.63, 3.8) is 0 Å². The maximum absolute atomic E-state index is 13.3. The van der Waals surface area contributed by atoms with Gasteiger partial charge in [-0.2, -0.15) is 0 Å². The molecule has 4 aromatic rings. The number of carbonyl (C=O) groups excluding carboxylic acids is 1. The lowest BCUT2D eigenvalue weighted by molar-refractivity contribution is -0.124. The lowest BCUT2D eigenvalue weighted by Crippen LogP contribution is -2.37. The highest BCUT2D eigenvalue weighted by Crippen LogP contribution is 2.27. The number of fused-ring (bicyclic) bond motifs is 2. The Balaban J connectivity index is 0.00000181. The number of nitrogens with two attached hydrogens (primary N) is 1. The highest BCUT2D eigenvalue weighted by molar-refractivity contribution is 8.26. The Morgan fingerprint density at radius 3 is 2.73 bits per heavy atom. The first-order chi connectivity index (χ1) is 19.3. The van der Waals surface area contributed by atoms with Crippen LogP contribution in [0.25, 0.3) is 10.1 Å². The van der Waals surface area contributed by atoms with Crippen LogP contribution in [0.1, 0.15) is 35.7 Å². The van der Waals surface area contributed by atoms with Gasteiger partial charge in [0.25, 0.3) is 5.56 Å². The number of rotatable bonds is 7. The number of thioether (sulfide) groups is 1. The van der Waals surface area contributed by atoms with E-state index < -0.39 is 12.1 Å². The molecule has 0 saturated heterocycles. The van der Waals surface area contributed by atoms with Crippen LogP contribution in [-0.4, -0.2) is 48.8 Å². The number of thiophene rings is 1. The fraction of sp³-hybridized carbons (Fsp3) is 0.259. The van der Waals surface area contributed by atoms with Crippen molar-refractivity contribution >= 4 is 60.7 Å². The summed E-state index contributed by atoms with van der Waals surface area (Å²) in [6.07, 6.45) is 4.18. The largest absolute Gasteiger partial charge is 0.400 e. The molecule has 0 bridgehead atoms. The molecule has 1 aliphatic rings. The number of pyridine rings is 1. The van der Waals surface area contributed by atoms with Crippen LogP contribution in [0, 0.1) is 10.8 Å². The Hall–Kier alpha value is -4.07. The van der Waals surface area contributed by atoms with Crippen molar-refractivity contribution < 1.29 is 9.90 Å². The van der Waals surface area contributed by atoms with E-state index in [0.717, 1.165) is 39.4 Å². The molecule has 40 heavy (non-hydrogen) atoms. The van der Waals surface area contributed by atoms with Crippen molar-refractivity contribution in [1.82, 2.24) is 19.9 Å². The lowest BCUT2D eigenvalue weighted by Gasteiger charge is -2.18. The maximum atomic E-state index is 13.3. The normalized spacial score (nSPS) is 14.5. The minimum atomic E-state index is -0.658. The molecule has 13 heteroatoms. The Bertz CT molecular complexity index is 1600. The lowest BCUT2D eigenvalue weighted by atomic mass is 10.2. The number of nitrogen functional groups attached to an aromatic ring is 1. The molecule has 1 aliphatic heterocycles. The number of aryl methyl sites for hydroxylation is 1. The Morgan fingerprint density at radius 1 is 1.23 bits per heavy atom. The van der Waals surface area contributed by atoms with Crippen molar-refractivity contribution in [2.75, 3.05) is 18.2 Å². The van der Waals surface area contributed by atoms with E-state index in [4.69, 9.17) is 21.7 Å². The number of aromatic nitrogens is 3. The van der Waals surface area contributed by atoms with Gasteiger partial charge >= 0.3 is 0 Å². The molecule has 1 aromatic carbocycles. The fourth-order valence-electron chi connectivity index (χ4n) is 4.28. The minimum Gasteiger partial charge on any atom is -0.400 e. The van der Waals surface area contributed by atoms with Crippen LogP contribution in [0.2, 0.25) is 0 Å². The topological polar surface area (TPSA) is 183 Å². The monoisotopic (exact) mass is 578 g/mol. The number of hydrogen-bond acceptors (Lipinski definition) is 11. The van der Waals surface area contributed by atoms with Gasteiger partial charge in [0, 0.05) is 40.3 Å². The average molecular weight is 579 g/mol. The van der Waals surface area contributed by atoms with Crippen LogP contribution in [0.15, 0.2) is 59.7 Å². The summed E-state index contributed by atoms with van der Waals surface area (Å²) >= 11 is 2.56. The number of aliphatic hydroxyl groups excluding tert-OH is 1. The van der Waals surface area contributed by atoms with Gasteiger partial charge < -0.3 is 21.5 Å². The zero-order valence-electron chi connectivity index (χ0n) is 22.0. The van der Waals surface area contributed by atoms with Gasteiger partial charge in [-0.15, -0.1) is 11.3 Å². The second-order valence-corrected chi connectivity index (χ2v) is 11.1. The van der Waals surface area contributed by atoms with E-state index >= 15 is 0 Å². The fourth-order valence-corrected chi connectivity index (χ4v) is 6.01. The third-order valence-electron chi connectivity index (χ3n) is 6.25. The zero-order chi connectivity index (χ0) is 28.8. The first kappa shape index (κ1) is 28.9. The number of anilines is 2. The Morgan fingerprint density at radius 2 is 1.98 bits per heavy atom. The molecule has 0 fully saturated rings. The Kier molecular flexibility index (Phi) is 9.30. The van der Waals surface area contributed by atoms with Gasteiger partial charge in [-0.1, -0.05) is 42.1 Å². The number of amides is 1. The Labute approximate surface area is 238 Å². The predicted octanol–water partition coefficient (Wildman–Crippen LogP) is 3.38. The molecule has 11 nitrogen and oxygen atoms in total. The summed E-state index contributed by atoms with van der Waals surface area (Å²) in [5.74, 6) is 0.769. The molecule has 2 unspecified atom stereocenters. The van der Waals surface area contributed by atoms with Gasteiger partial charge in [0.15, 0.2) is 0 Å². The van der Waals surface area contributed by atoms with Crippen LogP contribution in [0.3, 0.4) is 0 Å². The molecule has 7 N–H and O–H groups in total. The molecule has 5 rings (SSSR count). The smallest absolute Gasteiger partial charge is 0.277 e. The van der Waals surface area contributed by atoms with Crippen molar-refractivity contribution in [3.8, 4) is 0 Å². The van der Waals surface area contributed by atoms with E-state index in [1.807, 2.05) is 42.5 Å². The summed E-state index contributed by atoms with van der Waals surface area (Å²) in [6, 6.07) is 11.8.